The zero-order chi connectivity index (χ0) is 8.48. The summed E-state index contributed by atoms with van der Waals surface area (Å²) < 4.78 is 0. The molecule has 0 radical (unpaired) electrons. The largest absolute Gasteiger partial charge is 0.481 e. The zero-order valence-electron chi connectivity index (χ0n) is 6.84. The molecule has 1 saturated carbocycles. The highest BCUT2D eigenvalue weighted by atomic mass is 16.4. The predicted octanol–water partition coefficient (Wildman–Crippen LogP) is 2.06. The first-order chi connectivity index (χ1) is 5.10. The van der Waals surface area contributed by atoms with Gasteiger partial charge in [0.1, 0.15) is 0 Å². The van der Waals surface area contributed by atoms with Crippen LogP contribution in [0.2, 0.25) is 0 Å². The predicted molar refractivity (Wildman–Crippen MR) is 43.3 cm³/mol. The number of carboxylic acids is 1. The molecule has 0 aromatic carbocycles. The van der Waals surface area contributed by atoms with Crippen LogP contribution in [0.4, 0.5) is 0 Å². The van der Waals surface area contributed by atoms with Gasteiger partial charge >= 0.3 is 5.97 Å². The summed E-state index contributed by atoms with van der Waals surface area (Å²) in [6, 6.07) is 0. The number of hydrogen-bond donors (Lipinski definition) is 1. The van der Waals surface area contributed by atoms with Gasteiger partial charge in [-0.25, -0.2) is 0 Å². The van der Waals surface area contributed by atoms with E-state index in [1.165, 1.54) is 0 Å². The third-order valence-electron chi connectivity index (χ3n) is 2.47. The average molecular weight is 154 g/mol. The van der Waals surface area contributed by atoms with Crippen LogP contribution in [0.3, 0.4) is 0 Å². The second-order valence-electron chi connectivity index (χ2n) is 3.59. The molecule has 1 aliphatic carbocycles. The van der Waals surface area contributed by atoms with Crippen molar-refractivity contribution in [1.82, 2.24) is 0 Å². The topological polar surface area (TPSA) is 37.3 Å². The number of carboxylic acid groups (broad SMARTS) is 1. The van der Waals surface area contributed by atoms with Crippen molar-refractivity contribution in [3.8, 4) is 0 Å². The molecule has 11 heavy (non-hydrogen) atoms. The highest BCUT2D eigenvalue weighted by molar-refractivity contribution is 5.76. The quantitative estimate of drug-likeness (QED) is 0.632. The second-order valence-corrected chi connectivity index (χ2v) is 3.59. The molecule has 0 aromatic heterocycles. The van der Waals surface area contributed by atoms with Crippen molar-refractivity contribution in [3.05, 3.63) is 12.7 Å². The van der Waals surface area contributed by atoms with Gasteiger partial charge in [-0.1, -0.05) is 13.0 Å². The lowest BCUT2D eigenvalue weighted by atomic mass is 9.61. The maximum atomic E-state index is 10.8. The molecule has 0 unspecified atom stereocenters. The molecule has 1 rings (SSSR count). The fourth-order valence-corrected chi connectivity index (χ4v) is 1.98. The van der Waals surface area contributed by atoms with Crippen molar-refractivity contribution in [2.24, 2.45) is 11.3 Å². The SMILES string of the molecule is C=CC[C@]1(C(=O)O)C[C@@H](C)C1. The Labute approximate surface area is 66.9 Å². The van der Waals surface area contributed by atoms with E-state index in [1.54, 1.807) is 6.08 Å². The van der Waals surface area contributed by atoms with Crippen LogP contribution < -0.4 is 0 Å². The summed E-state index contributed by atoms with van der Waals surface area (Å²) in [5.41, 5.74) is -0.457. The Balaban J connectivity index is 2.60. The fraction of sp³-hybridized carbons (Fsp3) is 0.667. The van der Waals surface area contributed by atoms with Crippen LogP contribution in [0.5, 0.6) is 0 Å². The Morgan fingerprint density at radius 1 is 1.82 bits per heavy atom. The molecule has 0 atom stereocenters. The van der Waals surface area contributed by atoms with Gasteiger partial charge in [-0.3, -0.25) is 4.79 Å². The Morgan fingerprint density at radius 2 is 2.36 bits per heavy atom. The number of hydrogen-bond acceptors (Lipinski definition) is 1. The van der Waals surface area contributed by atoms with Crippen LogP contribution in [0.1, 0.15) is 26.2 Å². The molecule has 0 spiro atoms. The van der Waals surface area contributed by atoms with E-state index < -0.39 is 11.4 Å². The number of rotatable bonds is 3. The van der Waals surface area contributed by atoms with E-state index in [2.05, 4.69) is 13.5 Å². The van der Waals surface area contributed by atoms with Crippen LogP contribution >= 0.6 is 0 Å². The van der Waals surface area contributed by atoms with Crippen molar-refractivity contribution in [2.45, 2.75) is 26.2 Å². The molecule has 0 amide bonds. The molecular weight excluding hydrogens is 140 g/mol. The van der Waals surface area contributed by atoms with Crippen LogP contribution in [0, 0.1) is 11.3 Å². The minimum Gasteiger partial charge on any atom is -0.481 e. The maximum Gasteiger partial charge on any atom is 0.309 e. The van der Waals surface area contributed by atoms with Gasteiger partial charge in [0, 0.05) is 0 Å². The van der Waals surface area contributed by atoms with Crippen molar-refractivity contribution < 1.29 is 9.90 Å². The van der Waals surface area contributed by atoms with Gasteiger partial charge in [-0.15, -0.1) is 6.58 Å². The first-order valence-corrected chi connectivity index (χ1v) is 3.95. The van der Waals surface area contributed by atoms with Crippen molar-refractivity contribution in [3.63, 3.8) is 0 Å². The second kappa shape index (κ2) is 2.68. The van der Waals surface area contributed by atoms with E-state index in [0.717, 1.165) is 12.8 Å². The van der Waals surface area contributed by atoms with Gasteiger partial charge in [0.15, 0.2) is 0 Å². The Kier molecular flexibility index (Phi) is 2.03. The van der Waals surface area contributed by atoms with E-state index in [4.69, 9.17) is 5.11 Å². The third-order valence-corrected chi connectivity index (χ3v) is 2.47. The normalized spacial score (nSPS) is 35.9. The van der Waals surface area contributed by atoms with Crippen LogP contribution in [0.25, 0.3) is 0 Å². The molecule has 0 aromatic rings. The fourth-order valence-electron chi connectivity index (χ4n) is 1.98. The highest BCUT2D eigenvalue weighted by Crippen LogP contribution is 2.48. The summed E-state index contributed by atoms with van der Waals surface area (Å²) >= 11 is 0. The lowest BCUT2D eigenvalue weighted by Gasteiger charge is -2.42. The molecule has 2 nitrogen and oxygen atoms in total. The molecule has 0 heterocycles. The molecule has 1 N–H and O–H groups in total. The molecule has 1 fully saturated rings. The smallest absolute Gasteiger partial charge is 0.309 e. The van der Waals surface area contributed by atoms with Crippen LogP contribution in [-0.2, 0) is 4.79 Å². The Bertz CT molecular complexity index is 178. The lowest BCUT2D eigenvalue weighted by Crippen LogP contribution is -2.42. The highest BCUT2D eigenvalue weighted by Gasteiger charge is 2.47. The van der Waals surface area contributed by atoms with E-state index in [9.17, 15) is 4.79 Å². The number of carbonyl (C=O) groups is 1. The van der Waals surface area contributed by atoms with Crippen molar-refractivity contribution in [2.75, 3.05) is 0 Å². The van der Waals surface area contributed by atoms with Gasteiger partial charge in [-0.2, -0.15) is 0 Å². The summed E-state index contributed by atoms with van der Waals surface area (Å²) in [4.78, 5) is 10.8. The monoisotopic (exact) mass is 154 g/mol. The van der Waals surface area contributed by atoms with Crippen LogP contribution in [-0.4, -0.2) is 11.1 Å². The van der Waals surface area contributed by atoms with Gasteiger partial charge in [-0.05, 0) is 25.2 Å². The molecule has 0 bridgehead atoms. The van der Waals surface area contributed by atoms with Gasteiger partial charge in [0.2, 0.25) is 0 Å². The average Bonchev–Trinajstić information content (AvgIpc) is 1.84. The first kappa shape index (κ1) is 8.31. The first-order valence-electron chi connectivity index (χ1n) is 3.95. The Hall–Kier alpha value is -0.790. The molecular formula is C9H14O2. The van der Waals surface area contributed by atoms with Gasteiger partial charge < -0.3 is 5.11 Å². The summed E-state index contributed by atoms with van der Waals surface area (Å²) in [6.07, 6.45) is 3.95. The summed E-state index contributed by atoms with van der Waals surface area (Å²) in [5.74, 6) is -0.0819. The lowest BCUT2D eigenvalue weighted by molar-refractivity contribution is -0.157. The van der Waals surface area contributed by atoms with E-state index in [0.29, 0.717) is 12.3 Å². The number of aliphatic carboxylic acids is 1. The van der Waals surface area contributed by atoms with Crippen LogP contribution in [0.15, 0.2) is 12.7 Å². The van der Waals surface area contributed by atoms with E-state index >= 15 is 0 Å². The summed E-state index contributed by atoms with van der Waals surface area (Å²) in [7, 11) is 0. The third kappa shape index (κ3) is 1.30. The van der Waals surface area contributed by atoms with Crippen molar-refractivity contribution >= 4 is 5.97 Å². The zero-order valence-corrected chi connectivity index (χ0v) is 6.84. The molecule has 62 valence electrons. The van der Waals surface area contributed by atoms with E-state index in [1.807, 2.05) is 0 Å². The molecule has 2 heteroatoms. The molecule has 0 saturated heterocycles. The summed E-state index contributed by atoms with van der Waals surface area (Å²) in [5, 5.41) is 8.88. The van der Waals surface area contributed by atoms with Gasteiger partial charge in [0.05, 0.1) is 5.41 Å². The van der Waals surface area contributed by atoms with Gasteiger partial charge in [0.25, 0.3) is 0 Å². The maximum absolute atomic E-state index is 10.8. The standard InChI is InChI=1S/C9H14O2/c1-3-4-9(8(10)11)5-7(2)6-9/h3,7H,1,4-6H2,2H3,(H,10,11)/t7-,9+. The minimum atomic E-state index is -0.657. The van der Waals surface area contributed by atoms with E-state index in [-0.39, 0.29) is 0 Å². The molecule has 0 aliphatic heterocycles. The minimum absolute atomic E-state index is 0.457. The summed E-state index contributed by atoms with van der Waals surface area (Å²) in [6.45, 7) is 5.66. The molecule has 1 aliphatic rings. The number of allylic oxidation sites excluding steroid dienone is 1. The van der Waals surface area contributed by atoms with Crippen molar-refractivity contribution in [1.29, 1.82) is 0 Å². The Morgan fingerprint density at radius 3 is 2.64 bits per heavy atom.